The van der Waals surface area contributed by atoms with Gasteiger partial charge in [0.2, 0.25) is 5.91 Å². The smallest absolute Gasteiger partial charge is 0.244 e. The number of carbonyl (C=O) groups is 1. The zero-order valence-electron chi connectivity index (χ0n) is 12.5. The van der Waals surface area contributed by atoms with Crippen molar-refractivity contribution in [1.29, 1.82) is 0 Å². The molecule has 1 amide bonds. The number of carbonyl (C=O) groups excluding carboxylic acids is 1. The minimum atomic E-state index is -0.616. The predicted octanol–water partition coefficient (Wildman–Crippen LogP) is 1.96. The molecular weight excluding hydrogens is 290 g/mol. The Hall–Kier alpha value is -3.15. The number of rotatable bonds is 6. The van der Waals surface area contributed by atoms with Crippen LogP contribution in [0.1, 0.15) is 17.3 Å². The van der Waals surface area contributed by atoms with Crippen LogP contribution in [0, 0.1) is 0 Å². The first-order chi connectivity index (χ1) is 11.2. The van der Waals surface area contributed by atoms with Gasteiger partial charge in [0.15, 0.2) is 0 Å². The molecule has 116 valence electrons. The topological polar surface area (TPSA) is 85.8 Å². The van der Waals surface area contributed by atoms with Crippen molar-refractivity contribution >= 4 is 11.7 Å². The fourth-order valence-electron chi connectivity index (χ4n) is 2.30. The molecule has 0 aliphatic rings. The number of aromatic nitrogens is 3. The van der Waals surface area contributed by atoms with Gasteiger partial charge in [-0.3, -0.25) is 14.5 Å². The van der Waals surface area contributed by atoms with E-state index in [1.807, 2.05) is 60.8 Å². The predicted molar refractivity (Wildman–Crippen MR) is 87.6 cm³/mol. The number of primary amides is 1. The van der Waals surface area contributed by atoms with Crippen LogP contribution in [-0.2, 0) is 11.3 Å². The van der Waals surface area contributed by atoms with E-state index in [0.717, 1.165) is 11.3 Å². The first-order valence-electron chi connectivity index (χ1n) is 7.26. The van der Waals surface area contributed by atoms with E-state index in [2.05, 4.69) is 15.4 Å². The first kappa shape index (κ1) is 14.8. The van der Waals surface area contributed by atoms with E-state index in [9.17, 15) is 4.79 Å². The molecular formula is C17H17N5O. The molecule has 0 saturated carbocycles. The first-order valence-corrected chi connectivity index (χ1v) is 7.26. The van der Waals surface area contributed by atoms with Gasteiger partial charge in [0, 0.05) is 18.5 Å². The van der Waals surface area contributed by atoms with Gasteiger partial charge in [0.05, 0.1) is 12.2 Å². The van der Waals surface area contributed by atoms with Gasteiger partial charge in [0.25, 0.3) is 0 Å². The summed E-state index contributed by atoms with van der Waals surface area (Å²) >= 11 is 0. The lowest BCUT2D eigenvalue weighted by Gasteiger charge is -2.15. The van der Waals surface area contributed by atoms with Crippen molar-refractivity contribution < 1.29 is 4.79 Å². The zero-order chi connectivity index (χ0) is 16.1. The van der Waals surface area contributed by atoms with Crippen LogP contribution in [0.5, 0.6) is 0 Å². The van der Waals surface area contributed by atoms with Crippen molar-refractivity contribution in [2.45, 2.75) is 12.6 Å². The molecule has 0 fully saturated rings. The van der Waals surface area contributed by atoms with E-state index in [1.54, 1.807) is 10.9 Å². The Bertz CT molecular complexity index is 770. The summed E-state index contributed by atoms with van der Waals surface area (Å²) in [4.78, 5) is 16.0. The highest BCUT2D eigenvalue weighted by Gasteiger charge is 2.18. The van der Waals surface area contributed by atoms with Crippen molar-refractivity contribution in [1.82, 2.24) is 14.8 Å². The van der Waals surface area contributed by atoms with E-state index >= 15 is 0 Å². The van der Waals surface area contributed by atoms with Crippen LogP contribution < -0.4 is 11.1 Å². The average molecular weight is 307 g/mol. The SMILES string of the molecule is NC(=O)[C@@H](Nc1ccn(Cc2ccccn2)n1)c1ccccc1. The summed E-state index contributed by atoms with van der Waals surface area (Å²) < 4.78 is 1.76. The van der Waals surface area contributed by atoms with Gasteiger partial charge in [-0.15, -0.1) is 0 Å². The van der Waals surface area contributed by atoms with Gasteiger partial charge in [-0.1, -0.05) is 36.4 Å². The monoisotopic (exact) mass is 307 g/mol. The highest BCUT2D eigenvalue weighted by atomic mass is 16.1. The maximum absolute atomic E-state index is 11.7. The summed E-state index contributed by atoms with van der Waals surface area (Å²) in [5, 5.41) is 7.49. The molecule has 2 aromatic heterocycles. The van der Waals surface area contributed by atoms with Crippen molar-refractivity contribution in [2.75, 3.05) is 5.32 Å². The third-order valence-electron chi connectivity index (χ3n) is 3.40. The number of anilines is 1. The Morgan fingerprint density at radius 2 is 1.91 bits per heavy atom. The number of nitrogens with zero attached hydrogens (tertiary/aromatic N) is 3. The summed E-state index contributed by atoms with van der Waals surface area (Å²) in [6, 6.07) is 16.3. The molecule has 1 aromatic carbocycles. The third kappa shape index (κ3) is 3.74. The number of pyridine rings is 1. The van der Waals surface area contributed by atoms with Gasteiger partial charge in [0.1, 0.15) is 11.9 Å². The van der Waals surface area contributed by atoms with Crippen LogP contribution in [0.15, 0.2) is 67.0 Å². The second-order valence-corrected chi connectivity index (χ2v) is 5.11. The quantitative estimate of drug-likeness (QED) is 0.729. The Balaban J connectivity index is 1.73. The highest BCUT2D eigenvalue weighted by molar-refractivity contribution is 5.84. The Morgan fingerprint density at radius 1 is 1.13 bits per heavy atom. The molecule has 0 radical (unpaired) electrons. The van der Waals surface area contributed by atoms with Crippen LogP contribution in [0.4, 0.5) is 5.82 Å². The second-order valence-electron chi connectivity index (χ2n) is 5.11. The molecule has 0 aliphatic heterocycles. The molecule has 2 heterocycles. The molecule has 3 rings (SSSR count). The summed E-state index contributed by atoms with van der Waals surface area (Å²) in [6.07, 6.45) is 3.58. The minimum Gasteiger partial charge on any atom is -0.368 e. The molecule has 0 saturated heterocycles. The maximum atomic E-state index is 11.7. The molecule has 0 unspecified atom stereocenters. The van der Waals surface area contributed by atoms with E-state index in [-0.39, 0.29) is 0 Å². The molecule has 3 aromatic rings. The number of benzene rings is 1. The van der Waals surface area contributed by atoms with Crippen molar-refractivity contribution in [3.05, 3.63) is 78.2 Å². The second kappa shape index (κ2) is 6.74. The number of hydrogen-bond acceptors (Lipinski definition) is 4. The van der Waals surface area contributed by atoms with E-state index in [1.165, 1.54) is 0 Å². The van der Waals surface area contributed by atoms with Crippen LogP contribution in [0.25, 0.3) is 0 Å². The molecule has 0 bridgehead atoms. The Labute approximate surface area is 134 Å². The lowest BCUT2D eigenvalue weighted by molar-refractivity contribution is -0.118. The normalized spacial score (nSPS) is 11.8. The summed E-state index contributed by atoms with van der Waals surface area (Å²) in [7, 11) is 0. The number of nitrogens with one attached hydrogen (secondary N) is 1. The van der Waals surface area contributed by atoms with Crippen LogP contribution in [0.2, 0.25) is 0 Å². The Morgan fingerprint density at radius 3 is 2.61 bits per heavy atom. The average Bonchev–Trinajstić information content (AvgIpc) is 3.01. The lowest BCUT2D eigenvalue weighted by Crippen LogP contribution is -2.27. The third-order valence-corrected chi connectivity index (χ3v) is 3.40. The lowest BCUT2D eigenvalue weighted by atomic mass is 10.1. The highest BCUT2D eigenvalue weighted by Crippen LogP contribution is 2.18. The van der Waals surface area contributed by atoms with E-state index in [4.69, 9.17) is 5.73 Å². The van der Waals surface area contributed by atoms with Gasteiger partial charge >= 0.3 is 0 Å². The molecule has 3 N–H and O–H groups in total. The van der Waals surface area contributed by atoms with Crippen LogP contribution >= 0.6 is 0 Å². The molecule has 23 heavy (non-hydrogen) atoms. The standard InChI is InChI=1S/C17H17N5O/c18-17(23)16(13-6-2-1-3-7-13)20-15-9-11-22(21-15)12-14-8-4-5-10-19-14/h1-11,16H,12H2,(H2,18,23)(H,20,21)/t16-/m0/s1. The van der Waals surface area contributed by atoms with Crippen LogP contribution in [0.3, 0.4) is 0 Å². The Kier molecular flexibility index (Phi) is 4.33. The number of amides is 1. The van der Waals surface area contributed by atoms with Gasteiger partial charge in [-0.05, 0) is 17.7 Å². The van der Waals surface area contributed by atoms with Gasteiger partial charge in [-0.25, -0.2) is 0 Å². The molecule has 0 aliphatic carbocycles. The molecule has 1 atom stereocenters. The van der Waals surface area contributed by atoms with Gasteiger partial charge < -0.3 is 11.1 Å². The van der Waals surface area contributed by atoms with Gasteiger partial charge in [-0.2, -0.15) is 5.10 Å². The molecule has 6 heteroatoms. The number of nitrogens with two attached hydrogens (primary N) is 1. The minimum absolute atomic E-state index is 0.449. The zero-order valence-corrected chi connectivity index (χ0v) is 12.5. The molecule has 0 spiro atoms. The fourth-order valence-corrected chi connectivity index (χ4v) is 2.30. The van der Waals surface area contributed by atoms with E-state index < -0.39 is 11.9 Å². The van der Waals surface area contributed by atoms with Crippen molar-refractivity contribution in [3.63, 3.8) is 0 Å². The fraction of sp³-hybridized carbons (Fsp3) is 0.118. The van der Waals surface area contributed by atoms with Crippen LogP contribution in [-0.4, -0.2) is 20.7 Å². The van der Waals surface area contributed by atoms with Crippen molar-refractivity contribution in [2.24, 2.45) is 5.73 Å². The van der Waals surface area contributed by atoms with Crippen molar-refractivity contribution in [3.8, 4) is 0 Å². The molecule has 6 nitrogen and oxygen atoms in total. The number of hydrogen-bond donors (Lipinski definition) is 2. The van der Waals surface area contributed by atoms with E-state index in [0.29, 0.717) is 12.4 Å². The summed E-state index contributed by atoms with van der Waals surface area (Å²) in [5.41, 5.74) is 7.22. The largest absolute Gasteiger partial charge is 0.368 e. The summed E-state index contributed by atoms with van der Waals surface area (Å²) in [5.74, 6) is 0.143. The maximum Gasteiger partial charge on any atom is 0.244 e. The summed E-state index contributed by atoms with van der Waals surface area (Å²) in [6.45, 7) is 0.565.